The van der Waals surface area contributed by atoms with Gasteiger partial charge in [-0.05, 0) is 47.3 Å². The van der Waals surface area contributed by atoms with Gasteiger partial charge in [-0.3, -0.25) is 14.9 Å². The number of benzene rings is 2. The minimum Gasteiger partial charge on any atom is -0.339 e. The molecule has 0 spiro atoms. The number of thiophene rings is 1. The van der Waals surface area contributed by atoms with E-state index in [1.807, 2.05) is 29.6 Å². The van der Waals surface area contributed by atoms with Gasteiger partial charge in [0.15, 0.2) is 5.69 Å². The zero-order chi connectivity index (χ0) is 21.1. The Morgan fingerprint density at radius 1 is 1.10 bits per heavy atom. The van der Waals surface area contributed by atoms with Gasteiger partial charge in [0.25, 0.3) is 11.6 Å². The minimum absolute atomic E-state index is 0.00868. The summed E-state index contributed by atoms with van der Waals surface area (Å²) in [7, 11) is 0. The molecule has 30 heavy (non-hydrogen) atoms. The second-order valence-electron chi connectivity index (χ2n) is 6.39. The van der Waals surface area contributed by atoms with Crippen LogP contribution in [0.5, 0.6) is 0 Å². The van der Waals surface area contributed by atoms with Crippen LogP contribution in [0.1, 0.15) is 27.0 Å². The second-order valence-corrected chi connectivity index (χ2v) is 7.81. The van der Waals surface area contributed by atoms with Crippen LogP contribution in [0.25, 0.3) is 5.69 Å². The van der Waals surface area contributed by atoms with E-state index in [0.717, 1.165) is 10.4 Å². The predicted molar refractivity (Wildman–Crippen MR) is 115 cm³/mol. The SMILES string of the molecule is O=C(NC(c1ccc(Cl)cc1)c1cccs1)c1ccn(-c2ccc([N+](=O)[O-])cc2)n1. The molecule has 0 fully saturated rings. The van der Waals surface area contributed by atoms with Crippen LogP contribution < -0.4 is 5.32 Å². The van der Waals surface area contributed by atoms with Crippen molar-refractivity contribution in [3.05, 3.63) is 110 Å². The molecule has 4 rings (SSSR count). The largest absolute Gasteiger partial charge is 0.339 e. The van der Waals surface area contributed by atoms with Crippen LogP contribution in [0.15, 0.2) is 78.3 Å². The van der Waals surface area contributed by atoms with Gasteiger partial charge in [-0.1, -0.05) is 29.8 Å². The number of nitro groups is 1. The van der Waals surface area contributed by atoms with Crippen molar-refractivity contribution in [2.45, 2.75) is 6.04 Å². The molecular formula is C21H15ClN4O3S. The van der Waals surface area contributed by atoms with E-state index in [2.05, 4.69) is 10.4 Å². The molecule has 0 saturated carbocycles. The molecule has 2 heterocycles. The first-order valence-corrected chi connectivity index (χ1v) is 10.2. The van der Waals surface area contributed by atoms with Gasteiger partial charge in [0, 0.05) is 28.2 Å². The monoisotopic (exact) mass is 438 g/mol. The van der Waals surface area contributed by atoms with E-state index in [1.165, 1.54) is 16.8 Å². The number of hydrogen-bond acceptors (Lipinski definition) is 5. The van der Waals surface area contributed by atoms with Crippen LogP contribution in [0.2, 0.25) is 5.02 Å². The third-order valence-electron chi connectivity index (χ3n) is 4.45. The maximum atomic E-state index is 12.9. The van der Waals surface area contributed by atoms with Crippen LogP contribution in [-0.2, 0) is 0 Å². The average Bonchev–Trinajstić information content (AvgIpc) is 3.45. The lowest BCUT2D eigenvalue weighted by Crippen LogP contribution is -2.29. The second kappa shape index (κ2) is 8.48. The van der Waals surface area contributed by atoms with Gasteiger partial charge in [-0.2, -0.15) is 5.10 Å². The molecule has 1 N–H and O–H groups in total. The molecule has 0 radical (unpaired) electrons. The van der Waals surface area contributed by atoms with Crippen LogP contribution in [-0.4, -0.2) is 20.6 Å². The molecule has 0 aliphatic carbocycles. The van der Waals surface area contributed by atoms with Gasteiger partial charge in [-0.15, -0.1) is 11.3 Å². The van der Waals surface area contributed by atoms with Crippen molar-refractivity contribution < 1.29 is 9.72 Å². The quantitative estimate of drug-likeness (QED) is 0.338. The first kappa shape index (κ1) is 19.8. The Balaban J connectivity index is 1.56. The van der Waals surface area contributed by atoms with Crippen LogP contribution >= 0.6 is 22.9 Å². The number of carbonyl (C=O) groups is 1. The highest BCUT2D eigenvalue weighted by Crippen LogP contribution is 2.27. The maximum absolute atomic E-state index is 12.9. The fourth-order valence-corrected chi connectivity index (χ4v) is 3.88. The summed E-state index contributed by atoms with van der Waals surface area (Å²) in [5.41, 5.74) is 1.76. The molecule has 0 bridgehead atoms. The Morgan fingerprint density at radius 2 is 1.83 bits per heavy atom. The Morgan fingerprint density at radius 3 is 2.47 bits per heavy atom. The number of nitrogens with zero attached hydrogens (tertiary/aromatic N) is 3. The summed E-state index contributed by atoms with van der Waals surface area (Å²) in [6, 6.07) is 18.4. The Labute approximate surface area is 180 Å². The number of non-ortho nitro benzene ring substituents is 1. The molecule has 150 valence electrons. The summed E-state index contributed by atoms with van der Waals surface area (Å²) in [4.78, 5) is 24.2. The lowest BCUT2D eigenvalue weighted by atomic mass is 10.1. The van der Waals surface area contributed by atoms with Crippen LogP contribution in [0, 0.1) is 10.1 Å². The van der Waals surface area contributed by atoms with E-state index < -0.39 is 4.92 Å². The lowest BCUT2D eigenvalue weighted by Gasteiger charge is -2.17. The van der Waals surface area contributed by atoms with Gasteiger partial charge in [0.1, 0.15) is 0 Å². The highest BCUT2D eigenvalue weighted by atomic mass is 35.5. The van der Waals surface area contributed by atoms with Crippen molar-refractivity contribution in [2.24, 2.45) is 0 Å². The van der Waals surface area contributed by atoms with Crippen LogP contribution in [0.4, 0.5) is 5.69 Å². The van der Waals surface area contributed by atoms with E-state index in [-0.39, 0.29) is 23.3 Å². The van der Waals surface area contributed by atoms with Gasteiger partial charge in [-0.25, -0.2) is 4.68 Å². The van der Waals surface area contributed by atoms with Crippen molar-refractivity contribution in [3.8, 4) is 5.69 Å². The number of hydrogen-bond donors (Lipinski definition) is 1. The number of aromatic nitrogens is 2. The predicted octanol–water partition coefficient (Wildman–Crippen LogP) is 5.01. The average molecular weight is 439 g/mol. The fraction of sp³-hybridized carbons (Fsp3) is 0.0476. The maximum Gasteiger partial charge on any atom is 0.272 e. The standard InChI is InChI=1S/C21H15ClN4O3S/c22-15-5-3-14(4-6-15)20(19-2-1-13-30-19)23-21(27)18-11-12-25(24-18)16-7-9-17(10-8-16)26(28)29/h1-13,20H,(H,23,27). The summed E-state index contributed by atoms with van der Waals surface area (Å²) in [5.74, 6) is -0.330. The fourth-order valence-electron chi connectivity index (χ4n) is 2.95. The smallest absolute Gasteiger partial charge is 0.272 e. The van der Waals surface area contributed by atoms with Crippen LogP contribution in [0.3, 0.4) is 0 Å². The number of nitro benzene ring substituents is 1. The number of nitrogens with one attached hydrogen (secondary N) is 1. The van der Waals surface area contributed by atoms with Gasteiger partial charge >= 0.3 is 0 Å². The zero-order valence-corrected chi connectivity index (χ0v) is 17.0. The number of rotatable bonds is 6. The summed E-state index contributed by atoms with van der Waals surface area (Å²) in [5, 5.41) is 20.7. The molecule has 0 saturated heterocycles. The molecule has 2 aromatic heterocycles. The Kier molecular flexibility index (Phi) is 5.60. The zero-order valence-electron chi connectivity index (χ0n) is 15.4. The first-order chi connectivity index (χ1) is 14.5. The summed E-state index contributed by atoms with van der Waals surface area (Å²) >= 11 is 7.54. The molecule has 4 aromatic rings. The molecule has 0 aliphatic heterocycles. The van der Waals surface area contributed by atoms with Gasteiger partial charge < -0.3 is 5.32 Å². The van der Waals surface area contributed by atoms with Crippen molar-refractivity contribution in [1.29, 1.82) is 0 Å². The molecular weight excluding hydrogens is 424 g/mol. The molecule has 7 nitrogen and oxygen atoms in total. The normalized spacial score (nSPS) is 11.8. The summed E-state index contributed by atoms with van der Waals surface area (Å²) < 4.78 is 1.50. The minimum atomic E-state index is -0.465. The number of halogens is 1. The molecule has 0 aliphatic rings. The van der Waals surface area contributed by atoms with Crippen molar-refractivity contribution in [1.82, 2.24) is 15.1 Å². The Hall–Kier alpha value is -3.49. The van der Waals surface area contributed by atoms with E-state index in [0.29, 0.717) is 10.7 Å². The Bertz CT molecular complexity index is 1170. The third kappa shape index (κ3) is 4.24. The van der Waals surface area contributed by atoms with E-state index in [4.69, 9.17) is 11.6 Å². The molecule has 1 unspecified atom stereocenters. The van der Waals surface area contributed by atoms with Crippen molar-refractivity contribution >= 4 is 34.5 Å². The van der Waals surface area contributed by atoms with E-state index in [9.17, 15) is 14.9 Å². The van der Waals surface area contributed by atoms with Gasteiger partial charge in [0.05, 0.1) is 16.7 Å². The highest BCUT2D eigenvalue weighted by molar-refractivity contribution is 7.10. The lowest BCUT2D eigenvalue weighted by molar-refractivity contribution is -0.384. The first-order valence-electron chi connectivity index (χ1n) is 8.91. The summed E-state index contributed by atoms with van der Waals surface area (Å²) in [6.45, 7) is 0. The third-order valence-corrected chi connectivity index (χ3v) is 5.64. The summed E-state index contributed by atoms with van der Waals surface area (Å²) in [6.07, 6.45) is 1.64. The van der Waals surface area contributed by atoms with E-state index >= 15 is 0 Å². The number of amides is 1. The molecule has 1 amide bonds. The topological polar surface area (TPSA) is 90.1 Å². The number of carbonyl (C=O) groups excluding carboxylic acids is 1. The molecule has 1 atom stereocenters. The van der Waals surface area contributed by atoms with Crippen molar-refractivity contribution in [3.63, 3.8) is 0 Å². The van der Waals surface area contributed by atoms with E-state index in [1.54, 1.807) is 47.9 Å². The molecule has 2 aromatic carbocycles. The molecule has 9 heteroatoms. The van der Waals surface area contributed by atoms with Crippen molar-refractivity contribution in [2.75, 3.05) is 0 Å². The van der Waals surface area contributed by atoms with Gasteiger partial charge in [0.2, 0.25) is 0 Å². The highest BCUT2D eigenvalue weighted by Gasteiger charge is 2.20.